The van der Waals surface area contributed by atoms with E-state index in [1.165, 1.54) is 0 Å². The summed E-state index contributed by atoms with van der Waals surface area (Å²) in [6.45, 7) is 2.91. The van der Waals surface area contributed by atoms with Crippen LogP contribution in [0, 0.1) is 6.92 Å². The van der Waals surface area contributed by atoms with Gasteiger partial charge in [-0.2, -0.15) is 0 Å². The van der Waals surface area contributed by atoms with E-state index in [2.05, 4.69) is 15.0 Å². The summed E-state index contributed by atoms with van der Waals surface area (Å²) in [6, 6.07) is 3.59. The first-order valence-electron chi connectivity index (χ1n) is 5.30. The Balaban J connectivity index is 2.29. The maximum absolute atomic E-state index is 10.8. The van der Waals surface area contributed by atoms with Gasteiger partial charge in [0.1, 0.15) is 5.82 Å². The van der Waals surface area contributed by atoms with Crippen LogP contribution in [0.2, 0.25) is 0 Å². The summed E-state index contributed by atoms with van der Waals surface area (Å²) in [6.07, 6.45) is 1.84. The molecule has 0 aromatic carbocycles. The molecule has 0 radical (unpaired) electrons. The van der Waals surface area contributed by atoms with Gasteiger partial charge in [0, 0.05) is 13.1 Å². The Morgan fingerprint density at radius 3 is 2.65 bits per heavy atom. The quantitative estimate of drug-likeness (QED) is 0.639. The van der Waals surface area contributed by atoms with Crippen molar-refractivity contribution in [3.63, 3.8) is 0 Å². The van der Waals surface area contributed by atoms with Crippen molar-refractivity contribution in [3.8, 4) is 0 Å². The molecule has 0 aliphatic carbocycles. The van der Waals surface area contributed by atoms with E-state index in [0.717, 1.165) is 17.8 Å². The Kier molecular flexibility index (Phi) is 4.71. The number of nitrogens with one attached hydrogen (secondary N) is 2. The van der Waals surface area contributed by atoms with Crippen molar-refractivity contribution in [1.29, 1.82) is 0 Å². The van der Waals surface area contributed by atoms with Crippen molar-refractivity contribution in [2.24, 2.45) is 0 Å². The van der Waals surface area contributed by atoms with Crippen LogP contribution < -0.4 is 15.8 Å². The fourth-order valence-corrected chi connectivity index (χ4v) is 1.75. The number of anilines is 2. The molecule has 1 aromatic heterocycles. The largest absolute Gasteiger partial charge is 0.397 e. The van der Waals surface area contributed by atoms with Gasteiger partial charge in [0.05, 0.1) is 17.6 Å². The van der Waals surface area contributed by atoms with Gasteiger partial charge < -0.3 is 11.1 Å². The lowest BCUT2D eigenvalue weighted by atomic mass is 10.3. The van der Waals surface area contributed by atoms with E-state index in [1.807, 2.05) is 6.92 Å². The van der Waals surface area contributed by atoms with Crippen LogP contribution in [-0.2, 0) is 10.0 Å². The number of hydrogen-bond donors (Lipinski definition) is 3. The first-order valence-corrected chi connectivity index (χ1v) is 7.19. The minimum atomic E-state index is -3.09. The van der Waals surface area contributed by atoms with Gasteiger partial charge in [-0.15, -0.1) is 0 Å². The molecule has 0 unspecified atom stereocenters. The summed E-state index contributed by atoms with van der Waals surface area (Å²) in [4.78, 5) is 4.24. The second kappa shape index (κ2) is 5.83. The van der Waals surface area contributed by atoms with Crippen LogP contribution in [0.15, 0.2) is 12.1 Å². The lowest BCUT2D eigenvalue weighted by Crippen LogP contribution is -2.24. The van der Waals surface area contributed by atoms with Crippen molar-refractivity contribution >= 4 is 21.5 Å². The van der Waals surface area contributed by atoms with Crippen molar-refractivity contribution in [2.75, 3.05) is 30.4 Å². The molecule has 1 aromatic rings. The number of nitrogens with two attached hydrogens (primary N) is 1. The van der Waals surface area contributed by atoms with Crippen LogP contribution in [0.4, 0.5) is 11.5 Å². The highest BCUT2D eigenvalue weighted by Gasteiger charge is 2.00. The summed E-state index contributed by atoms with van der Waals surface area (Å²) in [7, 11) is -3.09. The zero-order valence-electron chi connectivity index (χ0n) is 10.0. The fraction of sp³-hybridized carbons (Fsp3) is 0.500. The summed E-state index contributed by atoms with van der Waals surface area (Å²) in [5.74, 6) is 0.746. The highest BCUT2D eigenvalue weighted by atomic mass is 32.2. The Labute approximate surface area is 102 Å². The minimum Gasteiger partial charge on any atom is -0.397 e. The van der Waals surface area contributed by atoms with Gasteiger partial charge in [0.2, 0.25) is 10.0 Å². The molecule has 0 aliphatic rings. The average molecular weight is 258 g/mol. The molecule has 1 rings (SSSR count). The van der Waals surface area contributed by atoms with Crippen LogP contribution in [0.3, 0.4) is 0 Å². The van der Waals surface area contributed by atoms with E-state index < -0.39 is 10.0 Å². The molecular formula is C10H18N4O2S. The third-order valence-electron chi connectivity index (χ3n) is 2.15. The van der Waals surface area contributed by atoms with Gasteiger partial charge >= 0.3 is 0 Å². The van der Waals surface area contributed by atoms with Crippen molar-refractivity contribution in [1.82, 2.24) is 9.71 Å². The zero-order chi connectivity index (χ0) is 12.9. The predicted molar refractivity (Wildman–Crippen MR) is 69.3 cm³/mol. The van der Waals surface area contributed by atoms with Gasteiger partial charge in [0.15, 0.2) is 0 Å². The molecule has 17 heavy (non-hydrogen) atoms. The Hall–Kier alpha value is -1.34. The Morgan fingerprint density at radius 1 is 1.35 bits per heavy atom. The molecule has 1 heterocycles. The number of aromatic nitrogens is 1. The van der Waals surface area contributed by atoms with Crippen molar-refractivity contribution in [3.05, 3.63) is 17.8 Å². The zero-order valence-corrected chi connectivity index (χ0v) is 10.8. The molecule has 0 amide bonds. The molecule has 96 valence electrons. The SMILES string of the molecule is Cc1nc(NCCCNS(C)(=O)=O)ccc1N. The monoisotopic (exact) mass is 258 g/mol. The molecule has 0 fully saturated rings. The molecule has 0 atom stereocenters. The standard InChI is InChI=1S/C10H18N4O2S/c1-8-9(11)4-5-10(14-8)12-6-3-7-13-17(2,15)16/h4-5,13H,3,6-7,11H2,1-2H3,(H,12,14). The summed E-state index contributed by atoms with van der Waals surface area (Å²) < 4.78 is 24.0. The number of hydrogen-bond acceptors (Lipinski definition) is 5. The molecule has 0 spiro atoms. The lowest BCUT2D eigenvalue weighted by molar-refractivity contribution is 0.586. The average Bonchev–Trinajstić information content (AvgIpc) is 2.21. The number of rotatable bonds is 6. The van der Waals surface area contributed by atoms with Gasteiger partial charge in [-0.1, -0.05) is 0 Å². The Bertz CT molecular complexity index is 473. The van der Waals surface area contributed by atoms with Crippen LogP contribution in [0.5, 0.6) is 0 Å². The Morgan fingerprint density at radius 2 is 2.06 bits per heavy atom. The lowest BCUT2D eigenvalue weighted by Gasteiger charge is -2.07. The van der Waals surface area contributed by atoms with E-state index in [-0.39, 0.29) is 0 Å². The van der Waals surface area contributed by atoms with E-state index in [4.69, 9.17) is 5.73 Å². The molecule has 0 saturated carbocycles. The maximum atomic E-state index is 10.8. The van der Waals surface area contributed by atoms with Gasteiger partial charge in [-0.25, -0.2) is 18.1 Å². The molecule has 4 N–H and O–H groups in total. The number of pyridine rings is 1. The molecule has 7 heteroatoms. The molecule has 0 aliphatic heterocycles. The highest BCUT2D eigenvalue weighted by molar-refractivity contribution is 7.88. The molecular weight excluding hydrogens is 240 g/mol. The van der Waals surface area contributed by atoms with Gasteiger partial charge in [-0.05, 0) is 25.5 Å². The normalized spacial score (nSPS) is 11.4. The molecule has 0 bridgehead atoms. The van der Waals surface area contributed by atoms with Crippen molar-refractivity contribution < 1.29 is 8.42 Å². The second-order valence-electron chi connectivity index (χ2n) is 3.82. The van der Waals surface area contributed by atoms with Crippen LogP contribution >= 0.6 is 0 Å². The smallest absolute Gasteiger partial charge is 0.208 e. The maximum Gasteiger partial charge on any atom is 0.208 e. The first-order chi connectivity index (χ1) is 7.88. The minimum absolute atomic E-state index is 0.416. The number of aryl methyl sites for hydroxylation is 1. The summed E-state index contributed by atoms with van der Waals surface area (Å²) in [5, 5.41) is 3.10. The van der Waals surface area contributed by atoms with Gasteiger partial charge in [-0.3, -0.25) is 0 Å². The van der Waals surface area contributed by atoms with E-state index in [9.17, 15) is 8.42 Å². The first kappa shape index (κ1) is 13.7. The third-order valence-corrected chi connectivity index (χ3v) is 2.88. The van der Waals surface area contributed by atoms with Gasteiger partial charge in [0.25, 0.3) is 0 Å². The summed E-state index contributed by atoms with van der Waals surface area (Å²) >= 11 is 0. The van der Waals surface area contributed by atoms with E-state index in [0.29, 0.717) is 25.2 Å². The summed E-state index contributed by atoms with van der Waals surface area (Å²) in [5.41, 5.74) is 7.09. The number of nitrogen functional groups attached to an aromatic ring is 1. The number of sulfonamides is 1. The number of nitrogens with zero attached hydrogens (tertiary/aromatic N) is 1. The van der Waals surface area contributed by atoms with Crippen molar-refractivity contribution in [2.45, 2.75) is 13.3 Å². The van der Waals surface area contributed by atoms with Crippen LogP contribution in [0.25, 0.3) is 0 Å². The topological polar surface area (TPSA) is 97.1 Å². The highest BCUT2D eigenvalue weighted by Crippen LogP contribution is 2.11. The van der Waals surface area contributed by atoms with E-state index >= 15 is 0 Å². The third kappa shape index (κ3) is 5.50. The predicted octanol–water partition coefficient (Wildman–Crippen LogP) is 0.323. The second-order valence-corrected chi connectivity index (χ2v) is 5.65. The van der Waals surface area contributed by atoms with Crippen LogP contribution in [-0.4, -0.2) is 32.7 Å². The molecule has 0 saturated heterocycles. The van der Waals surface area contributed by atoms with E-state index in [1.54, 1.807) is 12.1 Å². The van der Waals surface area contributed by atoms with Crippen LogP contribution in [0.1, 0.15) is 12.1 Å². The fourth-order valence-electron chi connectivity index (χ4n) is 1.23. The molecule has 6 nitrogen and oxygen atoms in total.